The van der Waals surface area contributed by atoms with Crippen molar-refractivity contribution in [2.45, 2.75) is 250 Å². The Bertz CT molecular complexity index is 2160. The van der Waals surface area contributed by atoms with Gasteiger partial charge >= 0.3 is 11.9 Å². The first-order valence-electron chi connectivity index (χ1n) is 29.5. The summed E-state index contributed by atoms with van der Waals surface area (Å²) in [5.74, 6) is -14.4. The smallest absolute Gasteiger partial charge is 0.364 e. The van der Waals surface area contributed by atoms with Crippen LogP contribution in [0.2, 0.25) is 0 Å². The first-order chi connectivity index (χ1) is 41.7. The highest BCUT2D eigenvalue weighted by Crippen LogP contribution is 2.41. The molecule has 0 aliphatic carbocycles. The molecule has 24 atom stereocenters. The van der Waals surface area contributed by atoms with E-state index in [1.54, 1.807) is 6.08 Å². The van der Waals surface area contributed by atoms with Crippen molar-refractivity contribution >= 4 is 29.7 Å². The fourth-order valence-electron chi connectivity index (χ4n) is 10.9. The summed E-state index contributed by atoms with van der Waals surface area (Å²) in [6.45, 7) is -4.65. The van der Waals surface area contributed by atoms with Crippen LogP contribution in [0.4, 0.5) is 0 Å². The summed E-state index contributed by atoms with van der Waals surface area (Å²) in [4.78, 5) is 63.5. The molecule has 4 aliphatic heterocycles. The van der Waals surface area contributed by atoms with Gasteiger partial charge in [-0.25, -0.2) is 9.59 Å². The zero-order chi connectivity index (χ0) is 65.6. The Balaban J connectivity index is 1.55. The molecule has 0 bridgehead atoms. The number of aliphatic hydroxyl groups is 16. The summed E-state index contributed by atoms with van der Waals surface area (Å²) in [6.07, 6.45) is -27.5. The third-order valence-corrected chi connectivity index (χ3v) is 15.7. The van der Waals surface area contributed by atoms with Crippen molar-refractivity contribution in [2.24, 2.45) is 0 Å². The Morgan fingerprint density at radius 1 is 0.614 bits per heavy atom. The van der Waals surface area contributed by atoms with E-state index >= 15 is 0 Å². The van der Waals surface area contributed by atoms with Gasteiger partial charge in [0.15, 0.2) is 12.6 Å². The van der Waals surface area contributed by atoms with Crippen LogP contribution in [0.5, 0.6) is 0 Å². The van der Waals surface area contributed by atoms with E-state index in [4.69, 9.17) is 37.9 Å². The molecule has 34 heteroatoms. The molecule has 3 amide bonds. The first kappa shape index (κ1) is 76.6. The normalized spacial score (nSPS) is 34.9. The number of ether oxygens (including phenoxy) is 8. The molecule has 0 saturated carbocycles. The monoisotopic (exact) mass is 1280 g/mol. The largest absolute Gasteiger partial charge is 0.477 e. The molecule has 4 heterocycles. The third kappa shape index (κ3) is 20.6. The molecule has 0 unspecified atom stereocenters. The summed E-state index contributed by atoms with van der Waals surface area (Å²) in [5, 5.41) is 201. The maximum atomic E-state index is 13.5. The predicted molar refractivity (Wildman–Crippen MR) is 292 cm³/mol. The Hall–Kier alpha value is -3.87. The number of carboxylic acid groups (broad SMARTS) is 2. The SMILES string of the molecule is CCCCCCCCCCCCC/C=C/[C@@H](O)[C@H](CO[C@@H]1O[C@H](CO)[C@@H](O[C@@H]2O[C@H](CO)[C@H](O)[C@H](O[C@]3(C(=O)O)C[C@H](O)[C@@H](NC(=O)CO)[C@H]([C@H](O)[C@@H](CO)O[C@]4(C(=O)O)C[C@H](O)[C@@H](NC(=O)CO)[C@H]([C@H](O)[C@H](O)CO)O4)O3)[C@H]2O)[C@H](O)[C@H]1O)NC(C)=O. The number of carbonyl (C=O) groups is 5. The number of aliphatic hydroxyl groups excluding tert-OH is 16. The van der Waals surface area contributed by atoms with Gasteiger partial charge in [0, 0.05) is 19.8 Å². The van der Waals surface area contributed by atoms with Crippen LogP contribution in [0.1, 0.15) is 104 Å². The van der Waals surface area contributed by atoms with E-state index in [9.17, 15) is 116 Å². The highest BCUT2D eigenvalue weighted by molar-refractivity contribution is 5.79. The van der Waals surface area contributed by atoms with Crippen LogP contribution in [0.3, 0.4) is 0 Å². The zero-order valence-corrected chi connectivity index (χ0v) is 49.1. The Kier molecular flexibility index (Phi) is 32.2. The summed E-state index contributed by atoms with van der Waals surface area (Å²) in [5.41, 5.74) is 0. The van der Waals surface area contributed by atoms with Gasteiger partial charge in [0.05, 0.1) is 69.5 Å². The van der Waals surface area contributed by atoms with Crippen molar-refractivity contribution in [1.82, 2.24) is 16.0 Å². The van der Waals surface area contributed by atoms with E-state index in [-0.39, 0.29) is 0 Å². The van der Waals surface area contributed by atoms with Crippen LogP contribution in [-0.2, 0) is 61.9 Å². The van der Waals surface area contributed by atoms with E-state index < -0.39 is 235 Å². The molecular weight excluding hydrogens is 1190 g/mol. The summed E-state index contributed by atoms with van der Waals surface area (Å²) in [6, 6.07) is -5.10. The molecule has 0 radical (unpaired) electrons. The molecule has 510 valence electrons. The number of rotatable bonds is 38. The minimum absolute atomic E-state index is 0.524. The molecule has 4 rings (SSSR count). The van der Waals surface area contributed by atoms with Gasteiger partial charge in [-0.3, -0.25) is 14.4 Å². The number of nitrogens with one attached hydrogen (secondary N) is 3. The van der Waals surface area contributed by atoms with Crippen molar-refractivity contribution in [3.63, 3.8) is 0 Å². The quantitative estimate of drug-likeness (QED) is 0.0202. The van der Waals surface area contributed by atoms with Gasteiger partial charge in [-0.05, 0) is 12.8 Å². The van der Waals surface area contributed by atoms with Gasteiger partial charge in [0.1, 0.15) is 98.7 Å². The van der Waals surface area contributed by atoms with Gasteiger partial charge < -0.3 is 146 Å². The van der Waals surface area contributed by atoms with Crippen LogP contribution in [0.25, 0.3) is 0 Å². The number of hydrogen-bond acceptors (Lipinski definition) is 29. The molecule has 0 aromatic carbocycles. The number of aliphatic carboxylic acids is 2. The Morgan fingerprint density at radius 2 is 1.12 bits per heavy atom. The van der Waals surface area contributed by atoms with E-state index in [1.807, 2.05) is 10.6 Å². The molecule has 0 aromatic rings. The zero-order valence-electron chi connectivity index (χ0n) is 49.1. The van der Waals surface area contributed by atoms with Gasteiger partial charge in [-0.1, -0.05) is 83.3 Å². The number of carbonyl (C=O) groups excluding carboxylic acids is 3. The lowest BCUT2D eigenvalue weighted by Gasteiger charge is -2.51. The Morgan fingerprint density at radius 3 is 1.62 bits per heavy atom. The standard InChI is InChI=1S/C54H93N3O31/c1-3-4-5-6-7-8-9-10-11-12-13-14-15-16-28(65)27(55-26(2)64)25-81-49-43(75)42(74)45(34(22-61)83-49)84-50-44(76)48(40(72)32(20-59)82-50)88-54(52(79)80)18-30(67)38(57-36(70)24-63)47(87-54)41(73)33(21-60)85-53(51(77)78)17-29(66)37(56-35(69)23-62)46(86-53)39(71)31(68)19-58/h15-16,27-34,37-50,58-63,65-68,71-76H,3-14,17-25H2,1-2H3,(H,55,64)(H,56,69)(H,57,70)(H,77,78)(H,79,80)/b16-15+/t27-,28+,29-,30-,31+,32+,33+,34+,37+,38+,39+,40-,41+,42+,43+,44+,45+,46+,47+,48-,49+,50-,53+,54-/m0/s1. The molecule has 0 spiro atoms. The van der Waals surface area contributed by atoms with Crippen molar-refractivity contribution in [1.29, 1.82) is 0 Å². The minimum Gasteiger partial charge on any atom is -0.477 e. The number of hydrogen-bond donors (Lipinski definition) is 21. The highest BCUT2D eigenvalue weighted by Gasteiger charge is 2.62. The molecular formula is C54H93N3O31. The van der Waals surface area contributed by atoms with Crippen LogP contribution >= 0.6 is 0 Å². The van der Waals surface area contributed by atoms with E-state index in [0.717, 1.165) is 25.7 Å². The van der Waals surface area contributed by atoms with Crippen LogP contribution in [0, 0.1) is 0 Å². The minimum atomic E-state index is -3.47. The average Bonchev–Trinajstić information content (AvgIpc) is 2.36. The second kappa shape index (κ2) is 37.0. The van der Waals surface area contributed by atoms with Crippen molar-refractivity contribution in [3.8, 4) is 0 Å². The molecule has 4 aliphatic rings. The van der Waals surface area contributed by atoms with Crippen LogP contribution < -0.4 is 16.0 Å². The Labute approximate surface area is 506 Å². The van der Waals surface area contributed by atoms with Gasteiger partial charge in [-0.2, -0.15) is 0 Å². The predicted octanol–water partition coefficient (Wildman–Crippen LogP) is -7.96. The number of carboxylic acids is 2. The third-order valence-electron chi connectivity index (χ3n) is 15.7. The molecule has 21 N–H and O–H groups in total. The highest BCUT2D eigenvalue weighted by atomic mass is 16.8. The fourth-order valence-corrected chi connectivity index (χ4v) is 10.9. The van der Waals surface area contributed by atoms with Gasteiger partial charge in [0.25, 0.3) is 11.6 Å². The molecule has 34 nitrogen and oxygen atoms in total. The summed E-state index contributed by atoms with van der Waals surface area (Å²) in [7, 11) is 0. The number of amides is 3. The fraction of sp³-hybridized carbons (Fsp3) is 0.870. The molecule has 4 fully saturated rings. The van der Waals surface area contributed by atoms with Crippen molar-refractivity contribution in [2.75, 3.05) is 46.2 Å². The molecule has 88 heavy (non-hydrogen) atoms. The van der Waals surface area contributed by atoms with E-state index in [0.29, 0.717) is 6.42 Å². The number of allylic oxidation sites excluding steroid dienone is 1. The second-order valence-corrected chi connectivity index (χ2v) is 22.4. The van der Waals surface area contributed by atoms with Crippen molar-refractivity contribution < 1.29 is 154 Å². The van der Waals surface area contributed by atoms with Crippen LogP contribution in [-0.4, -0.2) is 314 Å². The lowest BCUT2D eigenvalue weighted by molar-refractivity contribution is -0.388. The van der Waals surface area contributed by atoms with Gasteiger partial charge in [-0.15, -0.1) is 0 Å². The maximum Gasteiger partial charge on any atom is 0.364 e. The second-order valence-electron chi connectivity index (χ2n) is 22.4. The average molecular weight is 1280 g/mol. The van der Waals surface area contributed by atoms with E-state index in [2.05, 4.69) is 12.2 Å². The topological polar surface area (TPSA) is 559 Å². The summed E-state index contributed by atoms with van der Waals surface area (Å²) >= 11 is 0. The lowest BCUT2D eigenvalue weighted by atomic mass is 9.87. The number of unbranched alkanes of at least 4 members (excludes halogenated alkanes) is 11. The lowest BCUT2D eigenvalue weighted by Crippen LogP contribution is -2.72. The van der Waals surface area contributed by atoms with Gasteiger partial charge in [0.2, 0.25) is 17.7 Å². The maximum absolute atomic E-state index is 13.5. The van der Waals surface area contributed by atoms with Crippen LogP contribution in [0.15, 0.2) is 12.2 Å². The van der Waals surface area contributed by atoms with E-state index in [1.165, 1.54) is 57.9 Å². The molecule has 0 aromatic heterocycles. The summed E-state index contributed by atoms with van der Waals surface area (Å²) < 4.78 is 45.4. The first-order valence-corrected chi connectivity index (χ1v) is 29.5. The molecule has 4 saturated heterocycles. The van der Waals surface area contributed by atoms with Crippen molar-refractivity contribution in [3.05, 3.63) is 12.2 Å².